The number of thioether (sulfide) groups is 1. The molecular formula is C21H24N4O5S. The normalized spacial score (nSPS) is 14.2. The van der Waals surface area contributed by atoms with E-state index in [1.54, 1.807) is 29.2 Å². The van der Waals surface area contributed by atoms with Crippen LogP contribution in [0.25, 0.3) is 0 Å². The first-order valence-corrected chi connectivity index (χ1v) is 10.7. The second-order valence-electron chi connectivity index (χ2n) is 7.07. The fourth-order valence-electron chi connectivity index (χ4n) is 3.15. The number of amides is 2. The van der Waals surface area contributed by atoms with Gasteiger partial charge in [-0.3, -0.25) is 19.7 Å². The minimum atomic E-state index is -0.539. The molecule has 1 aliphatic heterocycles. The molecule has 0 bridgehead atoms. The van der Waals surface area contributed by atoms with Gasteiger partial charge in [-0.25, -0.2) is 0 Å². The number of hydrogen-bond donors (Lipinski definition) is 1. The third kappa shape index (κ3) is 5.74. The number of likely N-dealkylation sites (N-methyl/N-ethyl adjacent to an activating group) is 1. The summed E-state index contributed by atoms with van der Waals surface area (Å²) < 4.78 is 5.21. The van der Waals surface area contributed by atoms with E-state index in [0.29, 0.717) is 29.4 Å². The number of anilines is 1. The van der Waals surface area contributed by atoms with Crippen molar-refractivity contribution in [3.05, 3.63) is 58.1 Å². The van der Waals surface area contributed by atoms with Crippen LogP contribution in [0.15, 0.2) is 47.4 Å². The maximum absolute atomic E-state index is 12.6. The summed E-state index contributed by atoms with van der Waals surface area (Å²) in [5, 5.41) is 14.3. The molecular weight excluding hydrogens is 420 g/mol. The third-order valence-corrected chi connectivity index (χ3v) is 6.03. The van der Waals surface area contributed by atoms with E-state index >= 15 is 0 Å². The number of nitrogens with one attached hydrogen (secondary N) is 1. The Morgan fingerprint density at radius 2 is 1.87 bits per heavy atom. The molecule has 0 saturated carbocycles. The van der Waals surface area contributed by atoms with E-state index in [-0.39, 0.29) is 22.9 Å². The van der Waals surface area contributed by atoms with Crippen LogP contribution in [0.1, 0.15) is 10.4 Å². The molecule has 2 aromatic carbocycles. The molecule has 1 saturated heterocycles. The minimum absolute atomic E-state index is 0.0506. The molecule has 1 heterocycles. The Bertz CT molecular complexity index is 976. The Morgan fingerprint density at radius 3 is 2.55 bits per heavy atom. The Balaban J connectivity index is 1.70. The van der Waals surface area contributed by atoms with E-state index in [1.807, 2.05) is 7.05 Å². The van der Waals surface area contributed by atoms with Crippen LogP contribution in [0.5, 0.6) is 5.75 Å². The first-order chi connectivity index (χ1) is 14.9. The summed E-state index contributed by atoms with van der Waals surface area (Å²) in [6, 6.07) is 11.2. The molecule has 10 heteroatoms. The number of ether oxygens (including phenoxy) is 1. The zero-order chi connectivity index (χ0) is 22.4. The van der Waals surface area contributed by atoms with E-state index in [1.165, 1.54) is 25.3 Å². The van der Waals surface area contributed by atoms with Crippen molar-refractivity contribution in [3.63, 3.8) is 0 Å². The maximum Gasteiger partial charge on any atom is 0.283 e. The molecule has 1 aliphatic rings. The first-order valence-electron chi connectivity index (χ1n) is 9.71. The zero-order valence-electron chi connectivity index (χ0n) is 17.4. The van der Waals surface area contributed by atoms with Gasteiger partial charge in [-0.15, -0.1) is 11.8 Å². The number of nitro benzene ring substituents is 1. The Hall–Kier alpha value is -3.11. The average Bonchev–Trinajstić information content (AvgIpc) is 2.78. The van der Waals surface area contributed by atoms with E-state index in [0.717, 1.165) is 24.9 Å². The third-order valence-electron chi connectivity index (χ3n) is 4.98. The number of methoxy groups -OCH3 is 1. The van der Waals surface area contributed by atoms with Crippen molar-refractivity contribution in [2.24, 2.45) is 0 Å². The number of carbonyl (C=O) groups excluding carboxylic acids is 2. The number of rotatable bonds is 7. The Morgan fingerprint density at radius 1 is 1.16 bits per heavy atom. The van der Waals surface area contributed by atoms with Gasteiger partial charge in [0, 0.05) is 37.8 Å². The maximum atomic E-state index is 12.6. The van der Waals surface area contributed by atoms with E-state index in [9.17, 15) is 19.7 Å². The topological polar surface area (TPSA) is 105 Å². The molecule has 9 nitrogen and oxygen atoms in total. The van der Waals surface area contributed by atoms with Crippen LogP contribution in [-0.2, 0) is 4.79 Å². The van der Waals surface area contributed by atoms with Crippen molar-refractivity contribution in [1.29, 1.82) is 0 Å². The summed E-state index contributed by atoms with van der Waals surface area (Å²) in [7, 11) is 3.50. The summed E-state index contributed by atoms with van der Waals surface area (Å²) >= 11 is 1.11. The van der Waals surface area contributed by atoms with Crippen LogP contribution in [0.4, 0.5) is 11.4 Å². The fourth-order valence-corrected chi connectivity index (χ4v) is 4.06. The van der Waals surface area contributed by atoms with E-state index in [2.05, 4.69) is 10.2 Å². The number of piperazine rings is 1. The van der Waals surface area contributed by atoms with Gasteiger partial charge in [0.05, 0.1) is 28.4 Å². The van der Waals surface area contributed by atoms with Crippen LogP contribution >= 0.6 is 11.8 Å². The highest BCUT2D eigenvalue weighted by atomic mass is 32.2. The standard InChI is InChI=1S/C21H24N4O5S/c1-23-9-11-24(12-10-23)20(26)14-31-19-8-7-15(13-17(19)25(28)29)21(27)22-16-5-3-4-6-18(16)30-2/h3-8,13H,9-12,14H2,1-2H3,(H,22,27). The smallest absolute Gasteiger partial charge is 0.283 e. The lowest BCUT2D eigenvalue weighted by Gasteiger charge is -2.32. The molecule has 0 spiro atoms. The van der Waals surface area contributed by atoms with Crippen molar-refractivity contribution in [3.8, 4) is 5.75 Å². The van der Waals surface area contributed by atoms with Gasteiger partial charge in [0.1, 0.15) is 5.75 Å². The highest BCUT2D eigenvalue weighted by molar-refractivity contribution is 8.00. The van der Waals surface area contributed by atoms with Gasteiger partial charge in [0.15, 0.2) is 0 Å². The summed E-state index contributed by atoms with van der Waals surface area (Å²) in [4.78, 5) is 40.4. The van der Waals surface area contributed by atoms with Gasteiger partial charge in [-0.05, 0) is 31.3 Å². The fraction of sp³-hybridized carbons (Fsp3) is 0.333. The number of nitrogens with zero attached hydrogens (tertiary/aromatic N) is 3. The molecule has 164 valence electrons. The van der Waals surface area contributed by atoms with Crippen molar-refractivity contribution in [1.82, 2.24) is 9.80 Å². The second kappa shape index (κ2) is 10.3. The molecule has 0 aromatic heterocycles. The SMILES string of the molecule is COc1ccccc1NC(=O)c1ccc(SCC(=O)N2CCN(C)CC2)c([N+](=O)[O-])c1. The largest absolute Gasteiger partial charge is 0.495 e. The van der Waals surface area contributed by atoms with Crippen molar-refractivity contribution >= 4 is 35.0 Å². The van der Waals surface area contributed by atoms with Gasteiger partial charge in [0.2, 0.25) is 5.91 Å². The summed E-state index contributed by atoms with van der Waals surface area (Å²) in [5.41, 5.74) is 0.407. The van der Waals surface area contributed by atoms with Gasteiger partial charge < -0.3 is 19.9 Å². The van der Waals surface area contributed by atoms with Crippen molar-refractivity contribution in [2.45, 2.75) is 4.90 Å². The lowest BCUT2D eigenvalue weighted by molar-refractivity contribution is -0.387. The predicted molar refractivity (Wildman–Crippen MR) is 119 cm³/mol. The number of nitro groups is 1. The first kappa shape index (κ1) is 22.6. The van der Waals surface area contributed by atoms with E-state index < -0.39 is 10.8 Å². The average molecular weight is 445 g/mol. The molecule has 0 atom stereocenters. The molecule has 2 aromatic rings. The molecule has 31 heavy (non-hydrogen) atoms. The predicted octanol–water partition coefficient (Wildman–Crippen LogP) is 2.72. The van der Waals surface area contributed by atoms with Crippen LogP contribution in [0.2, 0.25) is 0 Å². The molecule has 0 radical (unpaired) electrons. The molecule has 1 N–H and O–H groups in total. The van der Waals surface area contributed by atoms with Gasteiger partial charge in [-0.1, -0.05) is 12.1 Å². The molecule has 3 rings (SSSR count). The highest BCUT2D eigenvalue weighted by Gasteiger charge is 2.22. The van der Waals surface area contributed by atoms with Gasteiger partial charge in [0.25, 0.3) is 11.6 Å². The summed E-state index contributed by atoms with van der Waals surface area (Å²) in [5.74, 6) is 0.0557. The van der Waals surface area contributed by atoms with E-state index in [4.69, 9.17) is 4.74 Å². The molecule has 1 fully saturated rings. The number of carbonyl (C=O) groups is 2. The zero-order valence-corrected chi connectivity index (χ0v) is 18.2. The number of benzene rings is 2. The number of para-hydroxylation sites is 2. The van der Waals surface area contributed by atoms with Crippen molar-refractivity contribution in [2.75, 3.05) is 51.4 Å². The van der Waals surface area contributed by atoms with Crippen LogP contribution < -0.4 is 10.1 Å². The number of hydrogen-bond acceptors (Lipinski definition) is 7. The molecule has 0 unspecified atom stereocenters. The lowest BCUT2D eigenvalue weighted by Crippen LogP contribution is -2.47. The molecule has 2 amide bonds. The van der Waals surface area contributed by atoms with Gasteiger partial charge in [-0.2, -0.15) is 0 Å². The summed E-state index contributed by atoms with van der Waals surface area (Å²) in [6.45, 7) is 2.93. The van der Waals surface area contributed by atoms with Gasteiger partial charge >= 0.3 is 0 Å². The van der Waals surface area contributed by atoms with Crippen LogP contribution in [0.3, 0.4) is 0 Å². The Labute approximate surface area is 184 Å². The van der Waals surface area contributed by atoms with Crippen LogP contribution in [-0.4, -0.2) is 72.6 Å². The lowest BCUT2D eigenvalue weighted by atomic mass is 10.2. The Kier molecular flexibility index (Phi) is 7.48. The minimum Gasteiger partial charge on any atom is -0.495 e. The molecule has 0 aliphatic carbocycles. The summed E-state index contributed by atoms with van der Waals surface area (Å²) in [6.07, 6.45) is 0. The quantitative estimate of drug-likeness (QED) is 0.398. The van der Waals surface area contributed by atoms with Crippen molar-refractivity contribution < 1.29 is 19.2 Å². The second-order valence-corrected chi connectivity index (χ2v) is 8.08. The monoisotopic (exact) mass is 444 g/mol. The highest BCUT2D eigenvalue weighted by Crippen LogP contribution is 2.31. The van der Waals surface area contributed by atoms with Crippen LogP contribution in [0, 0.1) is 10.1 Å².